The van der Waals surface area contributed by atoms with E-state index in [0.717, 1.165) is 28.9 Å². The molecule has 1 aliphatic rings. The zero-order valence-electron chi connectivity index (χ0n) is 13.0. The minimum absolute atomic E-state index is 0.163. The SMILES string of the molecule is CCc1cccc(C)c1NC(=O)c1cc(NC2CC2)ccn1. The number of aryl methyl sites for hydroxylation is 2. The van der Waals surface area contributed by atoms with Gasteiger partial charge in [0.15, 0.2) is 0 Å². The predicted molar refractivity (Wildman–Crippen MR) is 89.4 cm³/mol. The van der Waals surface area contributed by atoms with Crippen molar-refractivity contribution in [3.63, 3.8) is 0 Å². The van der Waals surface area contributed by atoms with Crippen molar-refractivity contribution >= 4 is 17.3 Å². The summed E-state index contributed by atoms with van der Waals surface area (Å²) in [5.74, 6) is -0.163. The van der Waals surface area contributed by atoms with E-state index in [1.165, 1.54) is 12.8 Å². The molecule has 4 heteroatoms. The number of carbonyl (C=O) groups is 1. The number of para-hydroxylation sites is 1. The van der Waals surface area contributed by atoms with Crippen LogP contribution >= 0.6 is 0 Å². The van der Waals surface area contributed by atoms with Gasteiger partial charge in [0.25, 0.3) is 5.91 Å². The lowest BCUT2D eigenvalue weighted by Crippen LogP contribution is -2.16. The van der Waals surface area contributed by atoms with Gasteiger partial charge in [0.1, 0.15) is 5.69 Å². The predicted octanol–water partition coefficient (Wildman–Crippen LogP) is 3.78. The van der Waals surface area contributed by atoms with Gasteiger partial charge >= 0.3 is 0 Å². The van der Waals surface area contributed by atoms with E-state index in [-0.39, 0.29) is 5.91 Å². The average Bonchev–Trinajstić information content (AvgIpc) is 3.33. The van der Waals surface area contributed by atoms with Crippen LogP contribution in [0.2, 0.25) is 0 Å². The molecule has 4 nitrogen and oxygen atoms in total. The Kier molecular flexibility index (Phi) is 4.09. The number of pyridine rings is 1. The van der Waals surface area contributed by atoms with Crippen molar-refractivity contribution in [2.45, 2.75) is 39.2 Å². The highest BCUT2D eigenvalue weighted by molar-refractivity contribution is 6.04. The van der Waals surface area contributed by atoms with E-state index >= 15 is 0 Å². The van der Waals surface area contributed by atoms with Gasteiger partial charge in [0.05, 0.1) is 0 Å². The third kappa shape index (κ3) is 3.27. The minimum Gasteiger partial charge on any atom is -0.382 e. The second-order valence-corrected chi connectivity index (χ2v) is 5.77. The molecular formula is C18H21N3O. The third-order valence-electron chi connectivity index (χ3n) is 3.92. The van der Waals surface area contributed by atoms with Crippen LogP contribution in [-0.2, 0) is 6.42 Å². The first-order valence-electron chi connectivity index (χ1n) is 7.80. The molecule has 1 heterocycles. The molecule has 1 aliphatic carbocycles. The Hall–Kier alpha value is -2.36. The first-order valence-corrected chi connectivity index (χ1v) is 7.80. The summed E-state index contributed by atoms with van der Waals surface area (Å²) in [5, 5.41) is 6.40. The summed E-state index contributed by atoms with van der Waals surface area (Å²) in [6, 6.07) is 10.3. The Morgan fingerprint density at radius 2 is 2.14 bits per heavy atom. The lowest BCUT2D eigenvalue weighted by Gasteiger charge is -2.13. The second-order valence-electron chi connectivity index (χ2n) is 5.77. The Labute approximate surface area is 131 Å². The third-order valence-corrected chi connectivity index (χ3v) is 3.92. The molecule has 0 unspecified atom stereocenters. The smallest absolute Gasteiger partial charge is 0.274 e. The molecule has 1 saturated carbocycles. The number of rotatable bonds is 5. The summed E-state index contributed by atoms with van der Waals surface area (Å²) < 4.78 is 0. The summed E-state index contributed by atoms with van der Waals surface area (Å²) in [6.45, 7) is 4.09. The summed E-state index contributed by atoms with van der Waals surface area (Å²) >= 11 is 0. The molecule has 0 aliphatic heterocycles. The molecule has 0 bridgehead atoms. The number of nitrogens with zero attached hydrogens (tertiary/aromatic N) is 1. The maximum absolute atomic E-state index is 12.5. The standard InChI is InChI=1S/C18H21N3O/c1-3-13-6-4-5-12(2)17(13)21-18(22)16-11-15(9-10-19-16)20-14-7-8-14/h4-6,9-11,14H,3,7-8H2,1-2H3,(H,19,20)(H,21,22). The van der Waals surface area contributed by atoms with Crippen LogP contribution in [0.3, 0.4) is 0 Å². The lowest BCUT2D eigenvalue weighted by molar-refractivity contribution is 0.102. The summed E-state index contributed by atoms with van der Waals surface area (Å²) in [7, 11) is 0. The van der Waals surface area contributed by atoms with Crippen LogP contribution in [-0.4, -0.2) is 16.9 Å². The van der Waals surface area contributed by atoms with Crippen molar-refractivity contribution in [2.24, 2.45) is 0 Å². The van der Waals surface area contributed by atoms with Gasteiger partial charge in [0.2, 0.25) is 0 Å². The van der Waals surface area contributed by atoms with E-state index in [1.807, 2.05) is 37.3 Å². The van der Waals surface area contributed by atoms with Crippen molar-refractivity contribution in [2.75, 3.05) is 10.6 Å². The molecule has 2 aromatic rings. The molecule has 0 radical (unpaired) electrons. The van der Waals surface area contributed by atoms with Gasteiger partial charge in [-0.25, -0.2) is 0 Å². The maximum Gasteiger partial charge on any atom is 0.274 e. The Balaban J connectivity index is 1.79. The van der Waals surface area contributed by atoms with Crippen molar-refractivity contribution in [3.8, 4) is 0 Å². The fraction of sp³-hybridized carbons (Fsp3) is 0.333. The van der Waals surface area contributed by atoms with Gasteiger partial charge in [-0.2, -0.15) is 0 Å². The van der Waals surface area contributed by atoms with E-state index in [2.05, 4.69) is 22.5 Å². The van der Waals surface area contributed by atoms with E-state index in [9.17, 15) is 4.79 Å². The molecule has 114 valence electrons. The molecule has 1 amide bonds. The zero-order valence-corrected chi connectivity index (χ0v) is 13.0. The fourth-order valence-electron chi connectivity index (χ4n) is 2.49. The molecule has 1 aromatic heterocycles. The Bertz CT molecular complexity index is 692. The Morgan fingerprint density at radius 1 is 1.32 bits per heavy atom. The molecule has 0 atom stereocenters. The monoisotopic (exact) mass is 295 g/mol. The van der Waals surface area contributed by atoms with E-state index in [4.69, 9.17) is 0 Å². The van der Waals surface area contributed by atoms with Crippen molar-refractivity contribution in [1.82, 2.24) is 4.98 Å². The number of benzene rings is 1. The topological polar surface area (TPSA) is 54.0 Å². The van der Waals surface area contributed by atoms with Gasteiger partial charge in [-0.05, 0) is 49.4 Å². The van der Waals surface area contributed by atoms with Gasteiger partial charge < -0.3 is 10.6 Å². The Morgan fingerprint density at radius 3 is 2.86 bits per heavy atom. The van der Waals surface area contributed by atoms with Crippen LogP contribution in [0.1, 0.15) is 41.4 Å². The van der Waals surface area contributed by atoms with Crippen LogP contribution < -0.4 is 10.6 Å². The van der Waals surface area contributed by atoms with Crippen molar-refractivity contribution in [1.29, 1.82) is 0 Å². The first-order chi connectivity index (χ1) is 10.7. The normalized spacial score (nSPS) is 13.7. The number of aromatic nitrogens is 1. The van der Waals surface area contributed by atoms with Crippen LogP contribution in [0.5, 0.6) is 0 Å². The molecule has 22 heavy (non-hydrogen) atoms. The number of hydrogen-bond donors (Lipinski definition) is 2. The fourth-order valence-corrected chi connectivity index (χ4v) is 2.49. The number of anilines is 2. The molecule has 0 spiro atoms. The number of amides is 1. The van der Waals surface area contributed by atoms with Crippen LogP contribution in [0, 0.1) is 6.92 Å². The van der Waals surface area contributed by atoms with Crippen LogP contribution in [0.25, 0.3) is 0 Å². The average molecular weight is 295 g/mol. The number of carbonyl (C=O) groups excluding carboxylic acids is 1. The van der Waals surface area contributed by atoms with Gasteiger partial charge in [-0.1, -0.05) is 25.1 Å². The van der Waals surface area contributed by atoms with Crippen LogP contribution in [0.4, 0.5) is 11.4 Å². The number of nitrogens with one attached hydrogen (secondary N) is 2. The molecule has 2 N–H and O–H groups in total. The molecular weight excluding hydrogens is 274 g/mol. The number of hydrogen-bond acceptors (Lipinski definition) is 3. The molecule has 3 rings (SSSR count). The highest BCUT2D eigenvalue weighted by Crippen LogP contribution is 2.25. The van der Waals surface area contributed by atoms with E-state index in [1.54, 1.807) is 6.20 Å². The maximum atomic E-state index is 12.5. The highest BCUT2D eigenvalue weighted by Gasteiger charge is 2.21. The molecule has 1 aromatic carbocycles. The molecule has 1 fully saturated rings. The lowest BCUT2D eigenvalue weighted by atomic mass is 10.1. The van der Waals surface area contributed by atoms with Crippen molar-refractivity contribution in [3.05, 3.63) is 53.3 Å². The highest BCUT2D eigenvalue weighted by atomic mass is 16.1. The zero-order chi connectivity index (χ0) is 15.5. The second kappa shape index (κ2) is 6.18. The first kappa shape index (κ1) is 14.6. The van der Waals surface area contributed by atoms with Crippen molar-refractivity contribution < 1.29 is 4.79 Å². The summed E-state index contributed by atoms with van der Waals surface area (Å²) in [4.78, 5) is 16.7. The summed E-state index contributed by atoms with van der Waals surface area (Å²) in [5.41, 5.74) is 4.51. The van der Waals surface area contributed by atoms with Crippen LogP contribution in [0.15, 0.2) is 36.5 Å². The van der Waals surface area contributed by atoms with E-state index < -0.39 is 0 Å². The quantitative estimate of drug-likeness (QED) is 0.882. The summed E-state index contributed by atoms with van der Waals surface area (Å²) in [6.07, 6.45) is 4.96. The molecule has 0 saturated heterocycles. The van der Waals surface area contributed by atoms with E-state index in [0.29, 0.717) is 11.7 Å². The van der Waals surface area contributed by atoms with Gasteiger partial charge in [0, 0.05) is 23.6 Å². The largest absolute Gasteiger partial charge is 0.382 e. The van der Waals surface area contributed by atoms with Gasteiger partial charge in [-0.3, -0.25) is 9.78 Å². The minimum atomic E-state index is -0.163. The van der Waals surface area contributed by atoms with Gasteiger partial charge in [-0.15, -0.1) is 0 Å².